The van der Waals surface area contributed by atoms with Crippen LogP contribution >= 0.6 is 27.5 Å². The van der Waals surface area contributed by atoms with Crippen molar-refractivity contribution in [2.24, 2.45) is 0 Å². The Kier molecular flexibility index (Phi) is 4.64. The van der Waals surface area contributed by atoms with Crippen LogP contribution in [0.15, 0.2) is 46.9 Å². The van der Waals surface area contributed by atoms with Crippen LogP contribution in [-0.2, 0) is 18.0 Å². The van der Waals surface area contributed by atoms with Crippen LogP contribution in [0, 0.1) is 0 Å². The van der Waals surface area contributed by atoms with Gasteiger partial charge in [0.05, 0.1) is 13.2 Å². The summed E-state index contributed by atoms with van der Waals surface area (Å²) < 4.78 is 6.59. The summed E-state index contributed by atoms with van der Waals surface area (Å²) in [6.45, 7) is 1.00. The number of nitrogens with two attached hydrogens (primary N) is 1. The molecule has 0 aliphatic carbocycles. The average molecular weight is 327 g/mol. The molecule has 0 amide bonds. The highest BCUT2D eigenvalue weighted by molar-refractivity contribution is 9.10. The van der Waals surface area contributed by atoms with Gasteiger partial charge in [0.1, 0.15) is 0 Å². The molecule has 0 aliphatic rings. The number of anilines is 1. The summed E-state index contributed by atoms with van der Waals surface area (Å²) in [4.78, 5) is 0. The van der Waals surface area contributed by atoms with Crippen molar-refractivity contribution >= 4 is 33.2 Å². The fourth-order valence-corrected chi connectivity index (χ4v) is 2.40. The lowest BCUT2D eigenvalue weighted by Gasteiger charge is -2.07. The van der Waals surface area contributed by atoms with Crippen LogP contribution in [0.4, 0.5) is 5.69 Å². The van der Waals surface area contributed by atoms with Gasteiger partial charge in [-0.15, -0.1) is 0 Å². The lowest BCUT2D eigenvalue weighted by Crippen LogP contribution is -1.96. The van der Waals surface area contributed by atoms with Crippen molar-refractivity contribution in [2.45, 2.75) is 13.2 Å². The van der Waals surface area contributed by atoms with E-state index in [1.54, 1.807) is 0 Å². The standard InChI is InChI=1S/C14H13BrClNO/c15-12-5-10(6-13(17)7-12)8-18-9-11-3-1-2-4-14(11)16/h1-7H,8-9,17H2. The predicted octanol–water partition coefficient (Wildman–Crippen LogP) is 4.40. The van der Waals surface area contributed by atoms with Gasteiger partial charge in [0.15, 0.2) is 0 Å². The summed E-state index contributed by atoms with van der Waals surface area (Å²) in [7, 11) is 0. The Bertz CT molecular complexity index is 525. The van der Waals surface area contributed by atoms with E-state index in [0.29, 0.717) is 13.2 Å². The van der Waals surface area contributed by atoms with Gasteiger partial charge in [0.2, 0.25) is 0 Å². The number of ether oxygens (including phenoxy) is 1. The number of rotatable bonds is 4. The molecule has 18 heavy (non-hydrogen) atoms. The summed E-state index contributed by atoms with van der Waals surface area (Å²) >= 11 is 9.45. The summed E-state index contributed by atoms with van der Waals surface area (Å²) in [5.74, 6) is 0. The second-order valence-electron chi connectivity index (χ2n) is 3.98. The number of nitrogen functional groups attached to an aromatic ring is 1. The van der Waals surface area contributed by atoms with Gasteiger partial charge in [0, 0.05) is 15.2 Å². The zero-order chi connectivity index (χ0) is 13.0. The predicted molar refractivity (Wildman–Crippen MR) is 78.5 cm³/mol. The lowest BCUT2D eigenvalue weighted by molar-refractivity contribution is 0.107. The normalized spacial score (nSPS) is 10.6. The fraction of sp³-hybridized carbons (Fsp3) is 0.143. The first-order chi connectivity index (χ1) is 8.65. The molecule has 2 nitrogen and oxygen atoms in total. The van der Waals surface area contributed by atoms with Gasteiger partial charge < -0.3 is 10.5 Å². The summed E-state index contributed by atoms with van der Waals surface area (Å²) in [6.07, 6.45) is 0. The van der Waals surface area contributed by atoms with E-state index in [1.807, 2.05) is 42.5 Å². The van der Waals surface area contributed by atoms with Crippen LogP contribution in [-0.4, -0.2) is 0 Å². The molecular formula is C14H13BrClNO. The molecule has 4 heteroatoms. The largest absolute Gasteiger partial charge is 0.399 e. The Morgan fingerprint density at radius 2 is 1.89 bits per heavy atom. The minimum Gasteiger partial charge on any atom is -0.399 e. The highest BCUT2D eigenvalue weighted by Crippen LogP contribution is 2.19. The van der Waals surface area contributed by atoms with Gasteiger partial charge in [-0.3, -0.25) is 0 Å². The van der Waals surface area contributed by atoms with Crippen molar-refractivity contribution < 1.29 is 4.74 Å². The second-order valence-corrected chi connectivity index (χ2v) is 5.30. The SMILES string of the molecule is Nc1cc(Br)cc(COCc2ccccc2Cl)c1. The first-order valence-electron chi connectivity index (χ1n) is 5.51. The first kappa shape index (κ1) is 13.4. The molecule has 0 unspecified atom stereocenters. The number of halogens is 2. The van der Waals surface area contributed by atoms with Crippen LogP contribution in [0.25, 0.3) is 0 Å². The van der Waals surface area contributed by atoms with Gasteiger partial charge in [-0.1, -0.05) is 45.7 Å². The highest BCUT2D eigenvalue weighted by atomic mass is 79.9. The monoisotopic (exact) mass is 325 g/mol. The Labute approximate surface area is 120 Å². The minimum absolute atomic E-state index is 0.492. The third-order valence-electron chi connectivity index (χ3n) is 2.46. The fourth-order valence-electron chi connectivity index (χ4n) is 1.65. The van der Waals surface area contributed by atoms with E-state index in [-0.39, 0.29) is 0 Å². The Balaban J connectivity index is 1.94. The molecule has 0 aliphatic heterocycles. The summed E-state index contributed by atoms with van der Waals surface area (Å²) in [6, 6.07) is 13.4. The quantitative estimate of drug-likeness (QED) is 0.845. The van der Waals surface area contributed by atoms with E-state index in [0.717, 1.165) is 26.3 Å². The van der Waals surface area contributed by atoms with Crippen LogP contribution in [0.1, 0.15) is 11.1 Å². The van der Waals surface area contributed by atoms with Gasteiger partial charge >= 0.3 is 0 Å². The molecule has 0 saturated carbocycles. The maximum atomic E-state index is 6.05. The summed E-state index contributed by atoms with van der Waals surface area (Å²) in [5.41, 5.74) is 8.51. The maximum absolute atomic E-state index is 6.05. The molecule has 0 radical (unpaired) electrons. The molecule has 2 rings (SSSR count). The van der Waals surface area contributed by atoms with Crippen molar-refractivity contribution in [1.29, 1.82) is 0 Å². The molecule has 0 saturated heterocycles. The van der Waals surface area contributed by atoms with E-state index >= 15 is 0 Å². The third kappa shape index (κ3) is 3.73. The van der Waals surface area contributed by atoms with Crippen molar-refractivity contribution in [1.82, 2.24) is 0 Å². The average Bonchev–Trinajstić information content (AvgIpc) is 2.30. The zero-order valence-electron chi connectivity index (χ0n) is 9.70. The zero-order valence-corrected chi connectivity index (χ0v) is 12.0. The van der Waals surface area contributed by atoms with E-state index in [1.165, 1.54) is 0 Å². The van der Waals surface area contributed by atoms with Crippen molar-refractivity contribution in [2.75, 3.05) is 5.73 Å². The molecular weight excluding hydrogens is 314 g/mol. The molecule has 94 valence electrons. The van der Waals surface area contributed by atoms with Crippen LogP contribution in [0.2, 0.25) is 5.02 Å². The van der Waals surface area contributed by atoms with Crippen molar-refractivity contribution in [3.8, 4) is 0 Å². The van der Waals surface area contributed by atoms with Crippen LogP contribution in [0.3, 0.4) is 0 Å². The Morgan fingerprint density at radius 3 is 2.61 bits per heavy atom. The maximum Gasteiger partial charge on any atom is 0.0735 e. The molecule has 0 atom stereocenters. The molecule has 2 aromatic carbocycles. The summed E-state index contributed by atoms with van der Waals surface area (Å²) in [5, 5.41) is 0.728. The number of hydrogen-bond donors (Lipinski definition) is 1. The smallest absolute Gasteiger partial charge is 0.0735 e. The van der Waals surface area contributed by atoms with E-state index in [4.69, 9.17) is 22.1 Å². The molecule has 0 heterocycles. The van der Waals surface area contributed by atoms with Crippen molar-refractivity contribution in [3.63, 3.8) is 0 Å². The molecule has 0 bridgehead atoms. The molecule has 2 aromatic rings. The number of benzene rings is 2. The van der Waals surface area contributed by atoms with Gasteiger partial charge in [-0.05, 0) is 35.4 Å². The Hall–Kier alpha value is -1.03. The third-order valence-corrected chi connectivity index (χ3v) is 3.29. The van der Waals surface area contributed by atoms with Gasteiger partial charge in [0.25, 0.3) is 0 Å². The van der Waals surface area contributed by atoms with E-state index in [9.17, 15) is 0 Å². The molecule has 0 fully saturated rings. The highest BCUT2D eigenvalue weighted by Gasteiger charge is 2.01. The molecule has 2 N–H and O–H groups in total. The number of hydrogen-bond acceptors (Lipinski definition) is 2. The second kappa shape index (κ2) is 6.23. The minimum atomic E-state index is 0.492. The van der Waals surface area contributed by atoms with E-state index in [2.05, 4.69) is 15.9 Å². The lowest BCUT2D eigenvalue weighted by atomic mass is 10.2. The first-order valence-corrected chi connectivity index (χ1v) is 6.68. The van der Waals surface area contributed by atoms with Gasteiger partial charge in [-0.25, -0.2) is 0 Å². The topological polar surface area (TPSA) is 35.2 Å². The Morgan fingerprint density at radius 1 is 1.11 bits per heavy atom. The van der Waals surface area contributed by atoms with E-state index < -0.39 is 0 Å². The van der Waals surface area contributed by atoms with Crippen LogP contribution in [0.5, 0.6) is 0 Å². The molecule has 0 spiro atoms. The van der Waals surface area contributed by atoms with Crippen LogP contribution < -0.4 is 5.73 Å². The molecule has 0 aromatic heterocycles. The van der Waals surface area contributed by atoms with Crippen molar-refractivity contribution in [3.05, 3.63) is 63.1 Å². The van der Waals surface area contributed by atoms with Gasteiger partial charge in [-0.2, -0.15) is 0 Å².